The molecule has 1 saturated heterocycles. The first-order chi connectivity index (χ1) is 11.9. The number of carbonyl (C=O) groups is 3. The van der Waals surface area contributed by atoms with Gasteiger partial charge in [-0.2, -0.15) is 0 Å². The number of carbonyl (C=O) groups excluding carboxylic acids is 3. The first kappa shape index (κ1) is 17.0. The molecular formula is C17H10Cl2N2O4. The van der Waals surface area contributed by atoms with Crippen LogP contribution in [0.3, 0.4) is 0 Å². The van der Waals surface area contributed by atoms with Crippen LogP contribution in [0.5, 0.6) is 5.75 Å². The van der Waals surface area contributed by atoms with Gasteiger partial charge in [0.25, 0.3) is 11.8 Å². The number of amides is 4. The highest BCUT2D eigenvalue weighted by atomic mass is 35.5. The summed E-state index contributed by atoms with van der Waals surface area (Å²) in [5, 5.41) is 11.6. The number of nitrogens with one attached hydrogen (secondary N) is 1. The molecule has 0 spiro atoms. The number of phenolic OH excluding ortho intramolecular Hbond substituents is 1. The van der Waals surface area contributed by atoms with Crippen molar-refractivity contribution in [3.8, 4) is 5.75 Å². The molecule has 6 nitrogen and oxygen atoms in total. The molecule has 1 heterocycles. The Morgan fingerprint density at radius 3 is 2.36 bits per heavy atom. The van der Waals surface area contributed by atoms with Crippen LogP contribution in [0.15, 0.2) is 48.0 Å². The molecule has 2 N–H and O–H groups in total. The lowest BCUT2D eigenvalue weighted by molar-refractivity contribution is -0.122. The summed E-state index contributed by atoms with van der Waals surface area (Å²) in [6.07, 6.45) is 1.31. The highest BCUT2D eigenvalue weighted by Crippen LogP contribution is 2.34. The first-order valence-corrected chi connectivity index (χ1v) is 7.78. The molecule has 0 bridgehead atoms. The second kappa shape index (κ2) is 6.58. The quantitative estimate of drug-likeness (QED) is 0.621. The number of nitrogens with zero attached hydrogens (tertiary/aromatic N) is 1. The Morgan fingerprint density at radius 2 is 1.68 bits per heavy atom. The van der Waals surface area contributed by atoms with E-state index >= 15 is 0 Å². The minimum atomic E-state index is -0.915. The SMILES string of the molecule is O=C1NC(=O)N(c2cccc(Cl)c2Cl)C(=O)C1=Cc1ccc(O)cc1. The van der Waals surface area contributed by atoms with E-state index in [1.54, 1.807) is 0 Å². The van der Waals surface area contributed by atoms with Gasteiger partial charge in [0.1, 0.15) is 11.3 Å². The van der Waals surface area contributed by atoms with Gasteiger partial charge in [-0.15, -0.1) is 0 Å². The molecule has 1 aliphatic heterocycles. The molecule has 8 heteroatoms. The van der Waals surface area contributed by atoms with E-state index in [2.05, 4.69) is 5.32 Å². The van der Waals surface area contributed by atoms with Gasteiger partial charge in [0.2, 0.25) is 0 Å². The zero-order chi connectivity index (χ0) is 18.1. The van der Waals surface area contributed by atoms with E-state index in [1.807, 2.05) is 0 Å². The summed E-state index contributed by atoms with van der Waals surface area (Å²) in [4.78, 5) is 37.7. The summed E-state index contributed by atoms with van der Waals surface area (Å²) in [5.74, 6) is -1.60. The largest absolute Gasteiger partial charge is 0.508 e. The number of anilines is 1. The average molecular weight is 377 g/mol. The number of hydrogen-bond acceptors (Lipinski definition) is 4. The number of aromatic hydroxyl groups is 1. The van der Waals surface area contributed by atoms with Crippen LogP contribution in [0.2, 0.25) is 10.0 Å². The number of urea groups is 1. The van der Waals surface area contributed by atoms with Crippen LogP contribution in [0.1, 0.15) is 5.56 Å². The number of hydrogen-bond donors (Lipinski definition) is 2. The number of phenols is 1. The fourth-order valence-electron chi connectivity index (χ4n) is 2.28. The molecule has 126 valence electrons. The highest BCUT2D eigenvalue weighted by molar-refractivity contribution is 6.46. The van der Waals surface area contributed by atoms with Gasteiger partial charge in [-0.05, 0) is 35.9 Å². The third kappa shape index (κ3) is 3.22. The van der Waals surface area contributed by atoms with Gasteiger partial charge in [-0.1, -0.05) is 41.4 Å². The Morgan fingerprint density at radius 1 is 1.00 bits per heavy atom. The Labute approximate surface area is 152 Å². The fourth-order valence-corrected chi connectivity index (χ4v) is 2.66. The summed E-state index contributed by atoms with van der Waals surface area (Å²) in [5.41, 5.74) is 0.324. The topological polar surface area (TPSA) is 86.7 Å². The standard InChI is InChI=1S/C17H10Cl2N2O4/c18-12-2-1-3-13(14(12)19)21-16(24)11(15(23)20-17(21)25)8-9-4-6-10(22)7-5-9/h1-8,22H,(H,20,23,25). The normalized spacial score (nSPS) is 16.3. The molecule has 0 unspecified atom stereocenters. The molecule has 0 atom stereocenters. The predicted molar refractivity (Wildman–Crippen MR) is 93.6 cm³/mol. The maximum atomic E-state index is 12.7. The van der Waals surface area contributed by atoms with Crippen molar-refractivity contribution in [2.24, 2.45) is 0 Å². The van der Waals surface area contributed by atoms with Crippen molar-refractivity contribution in [1.29, 1.82) is 0 Å². The lowest BCUT2D eigenvalue weighted by Gasteiger charge is -2.27. The van der Waals surface area contributed by atoms with Crippen LogP contribution in [0, 0.1) is 0 Å². The Hall–Kier alpha value is -2.83. The average Bonchev–Trinajstić information content (AvgIpc) is 2.57. The smallest absolute Gasteiger partial charge is 0.336 e. The number of barbiturate groups is 1. The van der Waals surface area contributed by atoms with Crippen molar-refractivity contribution < 1.29 is 19.5 Å². The maximum Gasteiger partial charge on any atom is 0.336 e. The third-order valence-electron chi connectivity index (χ3n) is 3.48. The third-order valence-corrected chi connectivity index (χ3v) is 4.29. The van der Waals surface area contributed by atoms with Crippen molar-refractivity contribution in [2.45, 2.75) is 0 Å². The molecule has 2 aromatic rings. The molecule has 4 amide bonds. The summed E-state index contributed by atoms with van der Waals surface area (Å²) in [6.45, 7) is 0. The van der Waals surface area contributed by atoms with Gasteiger partial charge in [0.05, 0.1) is 15.7 Å². The van der Waals surface area contributed by atoms with E-state index in [0.29, 0.717) is 5.56 Å². The minimum Gasteiger partial charge on any atom is -0.508 e. The van der Waals surface area contributed by atoms with Crippen LogP contribution in [0.25, 0.3) is 6.08 Å². The summed E-state index contributed by atoms with van der Waals surface area (Å²) >= 11 is 12.0. The van der Waals surface area contributed by atoms with Crippen LogP contribution in [0.4, 0.5) is 10.5 Å². The van der Waals surface area contributed by atoms with Crippen molar-refractivity contribution in [2.75, 3.05) is 4.90 Å². The number of rotatable bonds is 2. The van der Waals surface area contributed by atoms with Crippen molar-refractivity contribution in [1.82, 2.24) is 5.32 Å². The van der Waals surface area contributed by atoms with Gasteiger partial charge >= 0.3 is 6.03 Å². The molecule has 0 aliphatic carbocycles. The zero-order valence-corrected chi connectivity index (χ0v) is 14.0. The van der Waals surface area contributed by atoms with Gasteiger partial charge in [-0.3, -0.25) is 14.9 Å². The van der Waals surface area contributed by atoms with E-state index in [9.17, 15) is 19.5 Å². The highest BCUT2D eigenvalue weighted by Gasteiger charge is 2.37. The predicted octanol–water partition coefficient (Wildman–Crippen LogP) is 3.37. The van der Waals surface area contributed by atoms with Gasteiger partial charge in [0, 0.05) is 0 Å². The summed E-state index contributed by atoms with van der Waals surface area (Å²) in [6, 6.07) is 9.44. The Bertz CT molecular complexity index is 923. The minimum absolute atomic E-state index is 0.0194. The van der Waals surface area contributed by atoms with E-state index in [1.165, 1.54) is 48.5 Å². The lowest BCUT2D eigenvalue weighted by atomic mass is 10.1. The van der Waals surface area contributed by atoms with Crippen LogP contribution in [-0.2, 0) is 9.59 Å². The molecule has 1 aliphatic rings. The van der Waals surface area contributed by atoms with E-state index in [-0.39, 0.29) is 27.1 Å². The second-order valence-electron chi connectivity index (χ2n) is 5.12. The number of halogens is 2. The monoisotopic (exact) mass is 376 g/mol. The Kier molecular flexibility index (Phi) is 4.48. The molecule has 3 rings (SSSR count). The molecule has 0 saturated carbocycles. The molecule has 0 radical (unpaired) electrons. The van der Waals surface area contributed by atoms with Crippen molar-refractivity contribution >= 4 is 52.8 Å². The van der Waals surface area contributed by atoms with Crippen LogP contribution < -0.4 is 10.2 Å². The second-order valence-corrected chi connectivity index (χ2v) is 5.91. The van der Waals surface area contributed by atoms with Crippen molar-refractivity contribution in [3.63, 3.8) is 0 Å². The number of benzene rings is 2. The molecule has 1 fully saturated rings. The Balaban J connectivity index is 2.05. The van der Waals surface area contributed by atoms with Gasteiger partial charge in [-0.25, -0.2) is 9.69 Å². The summed E-state index contributed by atoms with van der Waals surface area (Å²) < 4.78 is 0. The fraction of sp³-hybridized carbons (Fsp3) is 0. The van der Waals surface area contributed by atoms with Crippen LogP contribution >= 0.6 is 23.2 Å². The number of imide groups is 2. The van der Waals surface area contributed by atoms with E-state index in [0.717, 1.165) is 4.90 Å². The van der Waals surface area contributed by atoms with Gasteiger partial charge < -0.3 is 5.11 Å². The van der Waals surface area contributed by atoms with Crippen LogP contribution in [-0.4, -0.2) is 23.0 Å². The van der Waals surface area contributed by atoms with Gasteiger partial charge in [0.15, 0.2) is 0 Å². The maximum absolute atomic E-state index is 12.7. The lowest BCUT2D eigenvalue weighted by Crippen LogP contribution is -2.54. The molecule has 0 aromatic heterocycles. The molecule has 25 heavy (non-hydrogen) atoms. The molecule has 2 aromatic carbocycles. The zero-order valence-electron chi connectivity index (χ0n) is 12.5. The first-order valence-electron chi connectivity index (χ1n) is 7.03. The summed E-state index contributed by atoms with van der Waals surface area (Å²) in [7, 11) is 0. The molecular weight excluding hydrogens is 367 g/mol. The van der Waals surface area contributed by atoms with E-state index in [4.69, 9.17) is 23.2 Å². The van der Waals surface area contributed by atoms with E-state index < -0.39 is 17.8 Å². The van der Waals surface area contributed by atoms with Crippen molar-refractivity contribution in [3.05, 3.63) is 63.6 Å².